The lowest BCUT2D eigenvalue weighted by atomic mass is 9.57. The molecule has 0 amide bonds. The molecular weight excluding hydrogens is 900 g/mol. The molecule has 3 heterocycles. The second-order valence-electron chi connectivity index (χ2n) is 24.8. The second kappa shape index (κ2) is 15.8. The fourth-order valence-electron chi connectivity index (χ4n) is 13.4. The molecule has 2 aliphatic carbocycles. The lowest BCUT2D eigenvalue weighted by molar-refractivity contribution is 0.332. The van der Waals surface area contributed by atoms with Crippen LogP contribution in [0.3, 0.4) is 0 Å². The first-order valence-electron chi connectivity index (χ1n) is 26.9. The van der Waals surface area contributed by atoms with E-state index in [9.17, 15) is 0 Å². The predicted octanol–water partition coefficient (Wildman–Crippen LogP) is 17.9. The molecule has 3 aliphatic rings. The molecule has 0 bridgehead atoms. The number of benzene rings is 9. The highest BCUT2D eigenvalue weighted by molar-refractivity contribution is 6.73. The monoisotopic (exact) mass is 962 g/mol. The minimum atomic E-state index is 0.0765. The minimum absolute atomic E-state index is 0.0765. The van der Waals surface area contributed by atoms with Crippen molar-refractivity contribution >= 4 is 101 Å². The Bertz CT molecular complexity index is 4150. The van der Waals surface area contributed by atoms with E-state index in [2.05, 4.69) is 230 Å². The molecule has 364 valence electrons. The van der Waals surface area contributed by atoms with Gasteiger partial charge in [0.15, 0.2) is 7.28 Å². The molecule has 11 aromatic rings. The maximum absolute atomic E-state index is 7.02. The van der Waals surface area contributed by atoms with Gasteiger partial charge in [0.2, 0.25) is 0 Å². The van der Waals surface area contributed by atoms with Crippen LogP contribution in [0.4, 0.5) is 28.4 Å². The standard InChI is InChI=1S/C69H63BN2O2/c1-40-31-52(48-25-21-43-17-13-14-18-46(43)65(48)71-44-22-19-42(20-23-44)41-15-11-10-12-16-41)64-59(32-40)72(45-24-26-47-49-34-53-55(37-61(49)73-60(47)33-45)68(6,7)29-27-66(53,2)3)58-39-63-51(36-57(58)70-64)50-35-54-56(38-62(50)74-63)69(8,9)30-28-67(54,4)5/h10-26,31-39,70-71H,27-30H2,1-9H3. The van der Waals surface area contributed by atoms with Gasteiger partial charge in [0.25, 0.3) is 0 Å². The van der Waals surface area contributed by atoms with Crippen molar-refractivity contribution in [3.63, 3.8) is 0 Å². The Labute approximate surface area is 435 Å². The summed E-state index contributed by atoms with van der Waals surface area (Å²) in [6.07, 6.45) is 4.65. The van der Waals surface area contributed by atoms with Gasteiger partial charge in [0, 0.05) is 67.4 Å². The Hall–Kier alpha value is -7.50. The molecule has 2 aromatic heterocycles. The van der Waals surface area contributed by atoms with Gasteiger partial charge in [-0.25, -0.2) is 0 Å². The van der Waals surface area contributed by atoms with E-state index in [1.54, 1.807) is 0 Å². The second-order valence-corrected chi connectivity index (χ2v) is 24.8. The number of nitrogens with one attached hydrogen (secondary N) is 1. The van der Waals surface area contributed by atoms with Crippen LogP contribution in [0.25, 0.3) is 76.9 Å². The van der Waals surface area contributed by atoms with Crippen LogP contribution in [-0.2, 0) is 21.7 Å². The zero-order chi connectivity index (χ0) is 50.6. The van der Waals surface area contributed by atoms with Gasteiger partial charge in [0.1, 0.15) is 22.3 Å². The minimum Gasteiger partial charge on any atom is -0.456 e. The van der Waals surface area contributed by atoms with Crippen LogP contribution in [0.1, 0.15) is 109 Å². The number of anilines is 5. The molecule has 4 nitrogen and oxygen atoms in total. The molecule has 14 rings (SSSR count). The number of hydrogen-bond acceptors (Lipinski definition) is 4. The van der Waals surface area contributed by atoms with Crippen molar-refractivity contribution in [1.29, 1.82) is 0 Å². The fourth-order valence-corrected chi connectivity index (χ4v) is 13.4. The number of fused-ring (bicyclic) bond motifs is 11. The number of furan rings is 2. The number of nitrogens with zero attached hydrogens (tertiary/aromatic N) is 1. The quantitative estimate of drug-likeness (QED) is 0.175. The molecule has 0 atom stereocenters. The fraction of sp³-hybridized carbons (Fsp3) is 0.246. The van der Waals surface area contributed by atoms with Crippen molar-refractivity contribution in [2.24, 2.45) is 0 Å². The lowest BCUT2D eigenvalue weighted by Gasteiger charge is -2.41. The lowest BCUT2D eigenvalue weighted by Crippen LogP contribution is -2.41. The van der Waals surface area contributed by atoms with E-state index >= 15 is 0 Å². The van der Waals surface area contributed by atoms with Crippen LogP contribution in [-0.4, -0.2) is 7.28 Å². The molecule has 1 aliphatic heterocycles. The maximum Gasteiger partial charge on any atom is 0.198 e. The molecule has 0 saturated heterocycles. The summed E-state index contributed by atoms with van der Waals surface area (Å²) < 4.78 is 14.0. The van der Waals surface area contributed by atoms with Crippen LogP contribution in [0.2, 0.25) is 0 Å². The van der Waals surface area contributed by atoms with E-state index in [4.69, 9.17) is 8.83 Å². The predicted molar refractivity (Wildman–Crippen MR) is 316 cm³/mol. The summed E-state index contributed by atoms with van der Waals surface area (Å²) in [5.74, 6) is 0. The molecule has 1 N–H and O–H groups in total. The van der Waals surface area contributed by atoms with Gasteiger partial charge in [-0.15, -0.1) is 0 Å². The van der Waals surface area contributed by atoms with E-state index in [1.165, 1.54) is 100 Å². The third-order valence-corrected chi connectivity index (χ3v) is 18.0. The summed E-state index contributed by atoms with van der Waals surface area (Å²) >= 11 is 0. The molecule has 0 radical (unpaired) electrons. The third-order valence-electron chi connectivity index (χ3n) is 18.0. The number of rotatable bonds is 5. The first-order valence-corrected chi connectivity index (χ1v) is 26.9. The summed E-state index contributed by atoms with van der Waals surface area (Å²) in [6.45, 7) is 21.5. The molecule has 0 fully saturated rings. The van der Waals surface area contributed by atoms with Crippen LogP contribution >= 0.6 is 0 Å². The van der Waals surface area contributed by atoms with Gasteiger partial charge < -0.3 is 19.1 Å². The molecule has 0 unspecified atom stereocenters. The highest BCUT2D eigenvalue weighted by Crippen LogP contribution is 2.51. The van der Waals surface area contributed by atoms with Crippen molar-refractivity contribution in [2.45, 2.75) is 110 Å². The Morgan fingerprint density at radius 3 is 1.66 bits per heavy atom. The van der Waals surface area contributed by atoms with E-state index < -0.39 is 0 Å². The smallest absolute Gasteiger partial charge is 0.198 e. The molecule has 5 heteroatoms. The highest BCUT2D eigenvalue weighted by Gasteiger charge is 2.40. The van der Waals surface area contributed by atoms with Crippen molar-refractivity contribution < 1.29 is 8.83 Å². The first-order chi connectivity index (χ1) is 35.5. The Morgan fingerprint density at radius 2 is 1.00 bits per heavy atom. The van der Waals surface area contributed by atoms with E-state index in [1.807, 2.05) is 0 Å². The molecule has 0 spiro atoms. The first kappa shape index (κ1) is 45.1. The van der Waals surface area contributed by atoms with Gasteiger partial charge in [-0.05, 0) is 164 Å². The van der Waals surface area contributed by atoms with Crippen molar-refractivity contribution in [3.05, 3.63) is 186 Å². The topological polar surface area (TPSA) is 41.5 Å². The Morgan fingerprint density at radius 1 is 0.446 bits per heavy atom. The van der Waals surface area contributed by atoms with Crippen LogP contribution in [0.5, 0.6) is 0 Å². The zero-order valence-corrected chi connectivity index (χ0v) is 44.3. The van der Waals surface area contributed by atoms with Gasteiger partial charge in [-0.1, -0.05) is 152 Å². The summed E-state index contributed by atoms with van der Waals surface area (Å²) in [6, 6.07) is 59.0. The van der Waals surface area contributed by atoms with E-state index in [0.717, 1.165) is 77.0 Å². The van der Waals surface area contributed by atoms with Gasteiger partial charge in [-0.2, -0.15) is 0 Å². The molecule has 0 saturated carbocycles. The molecule has 74 heavy (non-hydrogen) atoms. The largest absolute Gasteiger partial charge is 0.456 e. The third kappa shape index (κ3) is 6.95. The van der Waals surface area contributed by atoms with Crippen molar-refractivity contribution in [2.75, 3.05) is 10.2 Å². The van der Waals surface area contributed by atoms with Crippen molar-refractivity contribution in [3.8, 4) is 22.3 Å². The average molecular weight is 963 g/mol. The number of hydrogen-bond donors (Lipinski definition) is 1. The van der Waals surface area contributed by atoms with Crippen molar-refractivity contribution in [1.82, 2.24) is 0 Å². The average Bonchev–Trinajstić information content (AvgIpc) is 3.94. The summed E-state index contributed by atoms with van der Waals surface area (Å²) in [5, 5.41) is 11.1. The van der Waals surface area contributed by atoms with Gasteiger partial charge >= 0.3 is 0 Å². The molecule has 9 aromatic carbocycles. The van der Waals surface area contributed by atoms with E-state index in [-0.39, 0.29) is 21.7 Å². The van der Waals surface area contributed by atoms with Crippen LogP contribution in [0.15, 0.2) is 167 Å². The summed E-state index contributed by atoms with van der Waals surface area (Å²) in [5.41, 5.74) is 23.9. The SMILES string of the molecule is Cc1cc(-c2ccc3ccccc3c2Nc2ccc(-c3ccccc3)cc2)c2c(c1)N(c1ccc3c(c1)oc1cc4c(cc13)C(C)(C)CCC4(C)C)c1cc3oc4cc5c(cc4c3cc1B2)C(C)(C)CCC5(C)C. The molecular formula is C69H63BN2O2. The number of aryl methyl sites for hydroxylation is 1. The normalized spacial score (nSPS) is 17.0. The summed E-state index contributed by atoms with van der Waals surface area (Å²) in [4.78, 5) is 2.49. The Balaban J connectivity index is 0.983. The van der Waals surface area contributed by atoms with Gasteiger partial charge in [-0.3, -0.25) is 0 Å². The zero-order valence-electron chi connectivity index (χ0n) is 44.3. The van der Waals surface area contributed by atoms with E-state index in [0.29, 0.717) is 0 Å². The Kier molecular flexibility index (Phi) is 9.62. The highest BCUT2D eigenvalue weighted by atomic mass is 16.3. The van der Waals surface area contributed by atoms with Gasteiger partial charge in [0.05, 0.1) is 5.69 Å². The van der Waals surface area contributed by atoms with Crippen LogP contribution in [0, 0.1) is 6.92 Å². The summed E-state index contributed by atoms with van der Waals surface area (Å²) in [7, 11) is 0.755. The van der Waals surface area contributed by atoms with Crippen LogP contribution < -0.4 is 21.1 Å². The maximum atomic E-state index is 7.02.